The van der Waals surface area contributed by atoms with Gasteiger partial charge in [0.25, 0.3) is 5.91 Å². The fourth-order valence-electron chi connectivity index (χ4n) is 1.42. The molecule has 0 atom stereocenters. The minimum absolute atomic E-state index is 0.0608. The van der Waals surface area contributed by atoms with E-state index < -0.39 is 0 Å². The number of carbonyl (C=O) groups excluding carboxylic acids is 1. The Balaban J connectivity index is 2.91. The van der Waals surface area contributed by atoms with Crippen LogP contribution < -0.4 is 11.5 Å². The molecule has 15 heavy (non-hydrogen) atoms. The van der Waals surface area contributed by atoms with E-state index in [1.165, 1.54) is 0 Å². The predicted octanol–water partition coefficient (Wildman–Crippen LogP) is 1.33. The number of amides is 1. The third-order valence-corrected chi connectivity index (χ3v) is 2.21. The van der Waals surface area contributed by atoms with E-state index in [9.17, 15) is 4.79 Å². The molecule has 0 saturated heterocycles. The van der Waals surface area contributed by atoms with Gasteiger partial charge in [-0.25, -0.2) is 0 Å². The highest BCUT2D eigenvalue weighted by Crippen LogP contribution is 2.17. The fourth-order valence-corrected chi connectivity index (χ4v) is 1.42. The Hall–Kier alpha value is -1.71. The number of nitrogen functional groups attached to an aromatic ring is 2. The van der Waals surface area contributed by atoms with Gasteiger partial charge < -0.3 is 16.4 Å². The number of anilines is 2. The highest BCUT2D eigenvalue weighted by molar-refractivity contribution is 5.99. The molecule has 1 aromatic rings. The van der Waals surface area contributed by atoms with Crippen molar-refractivity contribution in [1.82, 2.24) is 4.90 Å². The van der Waals surface area contributed by atoms with E-state index in [1.807, 2.05) is 6.92 Å². The molecule has 0 aliphatic heterocycles. The van der Waals surface area contributed by atoms with Gasteiger partial charge >= 0.3 is 0 Å². The molecule has 0 unspecified atom stereocenters. The fraction of sp³-hybridized carbons (Fsp3) is 0.364. The molecule has 1 amide bonds. The first-order valence-corrected chi connectivity index (χ1v) is 4.96. The summed E-state index contributed by atoms with van der Waals surface area (Å²) in [5.41, 5.74) is 12.8. The number of carbonyl (C=O) groups is 1. The van der Waals surface area contributed by atoms with Crippen LogP contribution in [0, 0.1) is 0 Å². The van der Waals surface area contributed by atoms with Crippen molar-refractivity contribution in [2.24, 2.45) is 0 Å². The largest absolute Gasteiger partial charge is 0.399 e. The summed E-state index contributed by atoms with van der Waals surface area (Å²) in [6.07, 6.45) is 0.928. The number of benzene rings is 1. The second-order valence-corrected chi connectivity index (χ2v) is 3.57. The van der Waals surface area contributed by atoms with Crippen molar-refractivity contribution in [2.45, 2.75) is 13.3 Å². The Labute approximate surface area is 89.9 Å². The van der Waals surface area contributed by atoms with Crippen molar-refractivity contribution in [2.75, 3.05) is 25.1 Å². The standard InChI is InChI=1S/C11H17N3O/c1-3-6-14(2)11(15)9-5-4-8(12)7-10(9)13/h4-5,7H,3,6,12-13H2,1-2H3. The molecule has 0 bridgehead atoms. The molecule has 0 spiro atoms. The minimum atomic E-state index is -0.0608. The maximum absolute atomic E-state index is 11.9. The zero-order valence-electron chi connectivity index (χ0n) is 9.16. The molecular weight excluding hydrogens is 190 g/mol. The van der Waals surface area contributed by atoms with Crippen LogP contribution in [0.25, 0.3) is 0 Å². The third kappa shape index (κ3) is 2.62. The van der Waals surface area contributed by atoms with Gasteiger partial charge in [0, 0.05) is 25.0 Å². The smallest absolute Gasteiger partial charge is 0.255 e. The van der Waals surface area contributed by atoms with Crippen molar-refractivity contribution in [1.29, 1.82) is 0 Å². The SMILES string of the molecule is CCCN(C)C(=O)c1ccc(N)cc1N. The van der Waals surface area contributed by atoms with Gasteiger partial charge in [0.15, 0.2) is 0 Å². The average molecular weight is 207 g/mol. The van der Waals surface area contributed by atoms with Crippen LogP contribution in [0.3, 0.4) is 0 Å². The third-order valence-electron chi connectivity index (χ3n) is 2.21. The van der Waals surface area contributed by atoms with Crippen molar-refractivity contribution in [3.8, 4) is 0 Å². The Morgan fingerprint density at radius 2 is 2.07 bits per heavy atom. The summed E-state index contributed by atoms with van der Waals surface area (Å²) in [5, 5.41) is 0. The van der Waals surface area contributed by atoms with Gasteiger partial charge in [0.05, 0.1) is 5.56 Å². The van der Waals surface area contributed by atoms with Crippen LogP contribution in [0.1, 0.15) is 23.7 Å². The second kappa shape index (κ2) is 4.68. The molecule has 0 radical (unpaired) electrons. The second-order valence-electron chi connectivity index (χ2n) is 3.57. The molecule has 82 valence electrons. The van der Waals surface area contributed by atoms with Crippen molar-refractivity contribution >= 4 is 17.3 Å². The van der Waals surface area contributed by atoms with Gasteiger partial charge in [0.2, 0.25) is 0 Å². The van der Waals surface area contributed by atoms with Gasteiger partial charge in [-0.1, -0.05) is 6.92 Å². The Kier molecular flexibility index (Phi) is 3.55. The minimum Gasteiger partial charge on any atom is -0.399 e. The molecule has 4 nitrogen and oxygen atoms in total. The van der Waals surface area contributed by atoms with E-state index in [1.54, 1.807) is 30.1 Å². The van der Waals surface area contributed by atoms with E-state index in [-0.39, 0.29) is 5.91 Å². The Morgan fingerprint density at radius 1 is 1.40 bits per heavy atom. The number of rotatable bonds is 3. The lowest BCUT2D eigenvalue weighted by atomic mass is 10.1. The molecule has 0 fully saturated rings. The number of nitrogens with two attached hydrogens (primary N) is 2. The summed E-state index contributed by atoms with van der Waals surface area (Å²) in [7, 11) is 1.77. The molecular formula is C11H17N3O. The Bertz CT molecular complexity index is 363. The summed E-state index contributed by atoms with van der Waals surface area (Å²) in [4.78, 5) is 13.5. The number of nitrogens with zero attached hydrogens (tertiary/aromatic N) is 1. The van der Waals surface area contributed by atoms with E-state index in [2.05, 4.69) is 0 Å². The Morgan fingerprint density at radius 3 is 2.60 bits per heavy atom. The monoisotopic (exact) mass is 207 g/mol. The number of hydrogen-bond donors (Lipinski definition) is 2. The predicted molar refractivity (Wildman–Crippen MR) is 62.5 cm³/mol. The lowest BCUT2D eigenvalue weighted by Crippen LogP contribution is -2.28. The highest BCUT2D eigenvalue weighted by Gasteiger charge is 2.13. The van der Waals surface area contributed by atoms with Crippen LogP contribution in [0.15, 0.2) is 18.2 Å². The lowest BCUT2D eigenvalue weighted by Gasteiger charge is -2.17. The van der Waals surface area contributed by atoms with Gasteiger partial charge in [-0.3, -0.25) is 4.79 Å². The molecule has 1 rings (SSSR count). The van der Waals surface area contributed by atoms with E-state index >= 15 is 0 Å². The van der Waals surface area contributed by atoms with E-state index in [0.29, 0.717) is 16.9 Å². The van der Waals surface area contributed by atoms with Crippen LogP contribution in [0.2, 0.25) is 0 Å². The first-order valence-electron chi connectivity index (χ1n) is 4.96. The topological polar surface area (TPSA) is 72.3 Å². The molecule has 0 aromatic heterocycles. The quantitative estimate of drug-likeness (QED) is 0.734. The van der Waals surface area contributed by atoms with Crippen LogP contribution in [0.4, 0.5) is 11.4 Å². The summed E-state index contributed by atoms with van der Waals surface area (Å²) in [5.74, 6) is -0.0608. The first kappa shape index (κ1) is 11.4. The van der Waals surface area contributed by atoms with Crippen LogP contribution in [-0.4, -0.2) is 24.4 Å². The summed E-state index contributed by atoms with van der Waals surface area (Å²) < 4.78 is 0. The molecule has 0 heterocycles. The average Bonchev–Trinajstić information content (AvgIpc) is 2.17. The normalized spacial score (nSPS) is 10.0. The summed E-state index contributed by atoms with van der Waals surface area (Å²) >= 11 is 0. The number of hydrogen-bond acceptors (Lipinski definition) is 3. The van der Waals surface area contributed by atoms with Gasteiger partial charge in [0.1, 0.15) is 0 Å². The molecule has 0 aliphatic carbocycles. The molecule has 4 heteroatoms. The van der Waals surface area contributed by atoms with Gasteiger partial charge in [-0.05, 0) is 24.6 Å². The van der Waals surface area contributed by atoms with Crippen molar-refractivity contribution in [3.05, 3.63) is 23.8 Å². The van der Waals surface area contributed by atoms with E-state index in [0.717, 1.165) is 13.0 Å². The van der Waals surface area contributed by atoms with Gasteiger partial charge in [-0.15, -0.1) is 0 Å². The molecule has 1 aromatic carbocycles. The molecule has 4 N–H and O–H groups in total. The first-order chi connectivity index (χ1) is 7.06. The van der Waals surface area contributed by atoms with E-state index in [4.69, 9.17) is 11.5 Å². The molecule has 0 aliphatic rings. The van der Waals surface area contributed by atoms with Crippen LogP contribution in [0.5, 0.6) is 0 Å². The van der Waals surface area contributed by atoms with Crippen molar-refractivity contribution < 1.29 is 4.79 Å². The zero-order chi connectivity index (χ0) is 11.4. The zero-order valence-corrected chi connectivity index (χ0v) is 9.16. The van der Waals surface area contributed by atoms with Crippen LogP contribution in [-0.2, 0) is 0 Å². The van der Waals surface area contributed by atoms with Gasteiger partial charge in [-0.2, -0.15) is 0 Å². The lowest BCUT2D eigenvalue weighted by molar-refractivity contribution is 0.0796. The summed E-state index contributed by atoms with van der Waals surface area (Å²) in [6.45, 7) is 2.75. The van der Waals surface area contributed by atoms with Crippen molar-refractivity contribution in [3.63, 3.8) is 0 Å². The summed E-state index contributed by atoms with van der Waals surface area (Å²) in [6, 6.07) is 4.95. The molecule has 0 saturated carbocycles. The highest BCUT2D eigenvalue weighted by atomic mass is 16.2. The maximum atomic E-state index is 11.9. The van der Waals surface area contributed by atoms with Crippen LogP contribution >= 0.6 is 0 Å². The maximum Gasteiger partial charge on any atom is 0.255 e.